The molecular formula is C15H13Br2NO2. The van der Waals surface area contributed by atoms with Gasteiger partial charge in [0, 0.05) is 8.95 Å². The molecule has 2 aromatic carbocycles. The van der Waals surface area contributed by atoms with Gasteiger partial charge in [-0.25, -0.2) is 4.79 Å². The zero-order valence-electron chi connectivity index (χ0n) is 10.8. The molecule has 3 nitrogen and oxygen atoms in total. The van der Waals surface area contributed by atoms with Crippen molar-refractivity contribution in [1.82, 2.24) is 0 Å². The molecule has 104 valence electrons. The number of hydrogen-bond donors (Lipinski definition) is 1. The van der Waals surface area contributed by atoms with Gasteiger partial charge in [0.1, 0.15) is 6.61 Å². The van der Waals surface area contributed by atoms with Gasteiger partial charge in [-0.1, -0.05) is 46.3 Å². The fourth-order valence-electron chi connectivity index (χ4n) is 1.62. The highest BCUT2D eigenvalue weighted by Gasteiger charge is 2.09. The highest BCUT2D eigenvalue weighted by molar-refractivity contribution is 9.11. The van der Waals surface area contributed by atoms with Crippen LogP contribution in [0.2, 0.25) is 0 Å². The van der Waals surface area contributed by atoms with E-state index in [2.05, 4.69) is 37.2 Å². The molecule has 0 aliphatic heterocycles. The Hall–Kier alpha value is -1.33. The number of rotatable bonds is 3. The van der Waals surface area contributed by atoms with Crippen LogP contribution in [0.1, 0.15) is 11.1 Å². The molecule has 0 aromatic heterocycles. The van der Waals surface area contributed by atoms with Crippen molar-refractivity contribution in [1.29, 1.82) is 0 Å². The maximum Gasteiger partial charge on any atom is 0.411 e. The smallest absolute Gasteiger partial charge is 0.411 e. The number of hydrogen-bond acceptors (Lipinski definition) is 2. The van der Waals surface area contributed by atoms with Gasteiger partial charge in [-0.05, 0) is 46.1 Å². The lowest BCUT2D eigenvalue weighted by atomic mass is 10.2. The number of amides is 1. The standard InChI is InChI=1S/C15H13Br2NO2/c1-10-7-14(13(17)8-12(10)16)18-15(19)20-9-11-5-3-2-4-6-11/h2-8H,9H2,1H3,(H,18,19). The van der Waals surface area contributed by atoms with Crippen LogP contribution in [0.15, 0.2) is 51.4 Å². The molecule has 1 amide bonds. The molecule has 0 unspecified atom stereocenters. The molecule has 0 aliphatic rings. The van der Waals surface area contributed by atoms with E-state index in [0.29, 0.717) is 5.69 Å². The Morgan fingerprint density at radius 3 is 2.55 bits per heavy atom. The van der Waals surface area contributed by atoms with E-state index in [9.17, 15) is 4.79 Å². The first kappa shape index (κ1) is 15.1. The van der Waals surface area contributed by atoms with Gasteiger partial charge < -0.3 is 4.74 Å². The van der Waals surface area contributed by atoms with Gasteiger partial charge in [0.05, 0.1) is 5.69 Å². The molecule has 5 heteroatoms. The summed E-state index contributed by atoms with van der Waals surface area (Å²) in [6.07, 6.45) is -0.476. The maximum absolute atomic E-state index is 11.8. The van der Waals surface area contributed by atoms with E-state index in [1.54, 1.807) is 0 Å². The predicted octanol–water partition coefficient (Wildman–Crippen LogP) is 5.27. The van der Waals surface area contributed by atoms with E-state index in [1.165, 1.54) is 0 Å². The van der Waals surface area contributed by atoms with Gasteiger partial charge in [0.25, 0.3) is 0 Å². The minimum Gasteiger partial charge on any atom is -0.444 e. The summed E-state index contributed by atoms with van der Waals surface area (Å²) in [7, 11) is 0. The van der Waals surface area contributed by atoms with Crippen LogP contribution in [0.5, 0.6) is 0 Å². The second kappa shape index (κ2) is 6.90. The van der Waals surface area contributed by atoms with E-state index in [4.69, 9.17) is 4.74 Å². The van der Waals surface area contributed by atoms with Crippen molar-refractivity contribution in [2.75, 3.05) is 5.32 Å². The van der Waals surface area contributed by atoms with E-state index < -0.39 is 6.09 Å². The molecule has 0 bridgehead atoms. The first-order valence-electron chi connectivity index (χ1n) is 5.99. The number of carbonyl (C=O) groups is 1. The molecule has 0 spiro atoms. The Kier molecular flexibility index (Phi) is 5.20. The number of ether oxygens (including phenoxy) is 1. The van der Waals surface area contributed by atoms with Crippen LogP contribution in [-0.4, -0.2) is 6.09 Å². The topological polar surface area (TPSA) is 38.3 Å². The van der Waals surface area contributed by atoms with Crippen LogP contribution < -0.4 is 5.32 Å². The Morgan fingerprint density at radius 2 is 1.85 bits per heavy atom. The van der Waals surface area contributed by atoms with Gasteiger partial charge in [0.2, 0.25) is 0 Å². The fraction of sp³-hybridized carbons (Fsp3) is 0.133. The van der Waals surface area contributed by atoms with Crippen LogP contribution in [-0.2, 0) is 11.3 Å². The average molecular weight is 399 g/mol. The van der Waals surface area contributed by atoms with E-state index >= 15 is 0 Å². The fourth-order valence-corrected chi connectivity index (χ4v) is 2.72. The Balaban J connectivity index is 1.97. The summed E-state index contributed by atoms with van der Waals surface area (Å²) < 4.78 is 6.95. The molecule has 2 aromatic rings. The summed E-state index contributed by atoms with van der Waals surface area (Å²) in [5.74, 6) is 0. The summed E-state index contributed by atoms with van der Waals surface area (Å²) in [5, 5.41) is 2.72. The van der Waals surface area contributed by atoms with E-state index in [0.717, 1.165) is 20.1 Å². The molecule has 0 heterocycles. The number of halogens is 2. The Labute approximate surface area is 134 Å². The Morgan fingerprint density at radius 1 is 1.15 bits per heavy atom. The van der Waals surface area contributed by atoms with Crippen molar-refractivity contribution >= 4 is 43.6 Å². The largest absolute Gasteiger partial charge is 0.444 e. The van der Waals surface area contributed by atoms with Crippen molar-refractivity contribution in [3.8, 4) is 0 Å². The molecule has 0 saturated heterocycles. The van der Waals surface area contributed by atoms with Gasteiger partial charge >= 0.3 is 6.09 Å². The third kappa shape index (κ3) is 4.08. The highest BCUT2D eigenvalue weighted by Crippen LogP contribution is 2.29. The quantitative estimate of drug-likeness (QED) is 0.764. The van der Waals surface area contributed by atoms with Gasteiger partial charge in [0.15, 0.2) is 0 Å². The van der Waals surface area contributed by atoms with Gasteiger partial charge in [-0.3, -0.25) is 5.32 Å². The monoisotopic (exact) mass is 397 g/mol. The van der Waals surface area contributed by atoms with E-state index in [1.807, 2.05) is 49.4 Å². The third-order valence-corrected chi connectivity index (χ3v) is 4.21. The summed E-state index contributed by atoms with van der Waals surface area (Å²) in [4.78, 5) is 11.8. The minimum atomic E-state index is -0.476. The number of anilines is 1. The molecule has 1 N–H and O–H groups in total. The summed E-state index contributed by atoms with van der Waals surface area (Å²) in [6, 6.07) is 13.3. The SMILES string of the molecule is Cc1cc(NC(=O)OCc2ccccc2)c(Br)cc1Br. The summed E-state index contributed by atoms with van der Waals surface area (Å²) in [5.41, 5.74) is 2.67. The zero-order chi connectivity index (χ0) is 14.5. The lowest BCUT2D eigenvalue weighted by Gasteiger charge is -2.10. The number of carbonyl (C=O) groups excluding carboxylic acids is 1. The van der Waals surface area contributed by atoms with Crippen LogP contribution in [0, 0.1) is 6.92 Å². The van der Waals surface area contributed by atoms with Gasteiger partial charge in [-0.15, -0.1) is 0 Å². The minimum absolute atomic E-state index is 0.250. The molecule has 0 radical (unpaired) electrons. The second-order valence-electron chi connectivity index (χ2n) is 4.27. The molecule has 0 aliphatic carbocycles. The lowest BCUT2D eigenvalue weighted by Crippen LogP contribution is -2.14. The van der Waals surface area contributed by atoms with Crippen molar-refractivity contribution in [2.45, 2.75) is 13.5 Å². The molecule has 0 fully saturated rings. The summed E-state index contributed by atoms with van der Waals surface area (Å²) >= 11 is 6.84. The average Bonchev–Trinajstić information content (AvgIpc) is 2.44. The Bertz CT molecular complexity index is 615. The van der Waals surface area contributed by atoms with Crippen molar-refractivity contribution in [2.24, 2.45) is 0 Å². The first-order chi connectivity index (χ1) is 9.56. The van der Waals surface area contributed by atoms with E-state index in [-0.39, 0.29) is 6.61 Å². The van der Waals surface area contributed by atoms with Crippen molar-refractivity contribution < 1.29 is 9.53 Å². The third-order valence-electron chi connectivity index (χ3n) is 2.70. The van der Waals surface area contributed by atoms with Gasteiger partial charge in [-0.2, -0.15) is 0 Å². The predicted molar refractivity (Wildman–Crippen MR) is 86.8 cm³/mol. The van der Waals surface area contributed by atoms with Crippen LogP contribution >= 0.6 is 31.9 Å². The molecule has 0 atom stereocenters. The van der Waals surface area contributed by atoms with Crippen LogP contribution in [0.4, 0.5) is 10.5 Å². The number of nitrogens with one attached hydrogen (secondary N) is 1. The van der Waals surface area contributed by atoms with Crippen molar-refractivity contribution in [3.05, 3.63) is 62.5 Å². The molecule has 2 rings (SSSR count). The zero-order valence-corrected chi connectivity index (χ0v) is 14.0. The molecule has 0 saturated carbocycles. The van der Waals surface area contributed by atoms with Crippen LogP contribution in [0.3, 0.4) is 0 Å². The first-order valence-corrected chi connectivity index (χ1v) is 7.58. The van der Waals surface area contributed by atoms with Crippen molar-refractivity contribution in [3.63, 3.8) is 0 Å². The molecule has 20 heavy (non-hydrogen) atoms. The van der Waals surface area contributed by atoms with Crippen LogP contribution in [0.25, 0.3) is 0 Å². The highest BCUT2D eigenvalue weighted by atomic mass is 79.9. The number of benzene rings is 2. The maximum atomic E-state index is 11.8. The second-order valence-corrected chi connectivity index (χ2v) is 5.98. The summed E-state index contributed by atoms with van der Waals surface area (Å²) in [6.45, 7) is 2.21. The molecular weight excluding hydrogens is 386 g/mol. The normalized spacial score (nSPS) is 10.2. The number of aryl methyl sites for hydroxylation is 1. The lowest BCUT2D eigenvalue weighted by molar-refractivity contribution is 0.155.